The number of aryl methyl sites for hydroxylation is 2. The summed E-state index contributed by atoms with van der Waals surface area (Å²) in [6.45, 7) is 1.91. The number of oxazole rings is 1. The molecule has 0 aliphatic rings. The van der Waals surface area contributed by atoms with Gasteiger partial charge in [-0.05, 0) is 24.5 Å². The number of hydrogen-bond donors (Lipinski definition) is 2. The summed E-state index contributed by atoms with van der Waals surface area (Å²) in [4.78, 5) is 27.9. The van der Waals surface area contributed by atoms with Gasteiger partial charge in [-0.25, -0.2) is 4.98 Å². The molecule has 0 radical (unpaired) electrons. The fourth-order valence-electron chi connectivity index (χ4n) is 3.22. The van der Waals surface area contributed by atoms with E-state index in [-0.39, 0.29) is 18.7 Å². The van der Waals surface area contributed by atoms with Crippen LogP contribution in [0.3, 0.4) is 0 Å². The van der Waals surface area contributed by atoms with Gasteiger partial charge in [-0.2, -0.15) is 0 Å². The third-order valence-corrected chi connectivity index (χ3v) is 4.68. The molecule has 0 saturated carbocycles. The Morgan fingerprint density at radius 2 is 1.83 bits per heavy atom. The first-order valence-electron chi connectivity index (χ1n) is 9.59. The fraction of sp³-hybridized carbons (Fsp3) is 0.261. The van der Waals surface area contributed by atoms with Crippen LogP contribution < -0.4 is 5.32 Å². The van der Waals surface area contributed by atoms with E-state index in [1.54, 1.807) is 6.20 Å². The minimum absolute atomic E-state index is 0.156. The van der Waals surface area contributed by atoms with Gasteiger partial charge in [0.15, 0.2) is 11.7 Å². The number of carboxylic acid groups (broad SMARTS) is 1. The number of aliphatic carboxylic acids is 1. The average molecular weight is 392 g/mol. The van der Waals surface area contributed by atoms with E-state index in [0.29, 0.717) is 24.5 Å². The maximum Gasteiger partial charge on any atom is 0.305 e. The molecule has 6 nitrogen and oxygen atoms in total. The normalized spacial score (nSPS) is 11.8. The van der Waals surface area contributed by atoms with Crippen LogP contribution in [-0.2, 0) is 16.0 Å². The number of hydrogen-bond acceptors (Lipinski definition) is 4. The Morgan fingerprint density at radius 1 is 1.10 bits per heavy atom. The molecule has 1 atom stereocenters. The summed E-state index contributed by atoms with van der Waals surface area (Å²) in [5.74, 6) is 0.143. The number of nitrogens with zero attached hydrogens (tertiary/aromatic N) is 1. The highest BCUT2D eigenvalue weighted by Crippen LogP contribution is 2.22. The van der Waals surface area contributed by atoms with E-state index in [2.05, 4.69) is 10.3 Å². The van der Waals surface area contributed by atoms with Crippen molar-refractivity contribution >= 4 is 11.9 Å². The maximum absolute atomic E-state index is 12.4. The van der Waals surface area contributed by atoms with Crippen molar-refractivity contribution < 1.29 is 19.1 Å². The number of rotatable bonds is 9. The van der Waals surface area contributed by atoms with Gasteiger partial charge in [0.05, 0.1) is 18.7 Å². The molecule has 0 saturated heterocycles. The lowest BCUT2D eigenvalue weighted by Gasteiger charge is -2.19. The van der Waals surface area contributed by atoms with E-state index in [4.69, 9.17) is 4.42 Å². The highest BCUT2D eigenvalue weighted by Gasteiger charge is 2.19. The van der Waals surface area contributed by atoms with E-state index in [0.717, 1.165) is 16.7 Å². The lowest BCUT2D eigenvalue weighted by molar-refractivity contribution is -0.137. The molecule has 1 amide bonds. The molecule has 29 heavy (non-hydrogen) atoms. The lowest BCUT2D eigenvalue weighted by atomic mass is 9.98. The third kappa shape index (κ3) is 5.78. The van der Waals surface area contributed by atoms with Crippen molar-refractivity contribution in [2.75, 3.05) is 0 Å². The summed E-state index contributed by atoms with van der Waals surface area (Å²) in [5.41, 5.74) is 2.73. The van der Waals surface area contributed by atoms with Gasteiger partial charge in [0, 0.05) is 18.4 Å². The van der Waals surface area contributed by atoms with Crippen molar-refractivity contribution in [3.63, 3.8) is 0 Å². The quantitative estimate of drug-likeness (QED) is 0.566. The summed E-state index contributed by atoms with van der Waals surface area (Å²) in [6, 6.07) is 16.6. The molecular weight excluding hydrogens is 368 g/mol. The minimum Gasteiger partial charge on any atom is -0.481 e. The van der Waals surface area contributed by atoms with Crippen molar-refractivity contribution in [1.82, 2.24) is 10.3 Å². The number of aromatic nitrogens is 1. The summed E-state index contributed by atoms with van der Waals surface area (Å²) < 4.78 is 5.75. The van der Waals surface area contributed by atoms with Gasteiger partial charge in [0.2, 0.25) is 5.91 Å². The van der Waals surface area contributed by atoms with Crippen molar-refractivity contribution in [1.29, 1.82) is 0 Å². The predicted molar refractivity (Wildman–Crippen MR) is 109 cm³/mol. The molecule has 1 aromatic heterocycles. The molecule has 0 aliphatic carbocycles. The Balaban J connectivity index is 1.54. The van der Waals surface area contributed by atoms with Gasteiger partial charge in [0.1, 0.15) is 0 Å². The standard InChI is InChI=1S/C23H24N2O4/c1-16-8-5-6-11-18(16)19(14-23(27)28)25-21(26)12-7-13-22-24-15-20(29-22)17-9-3-2-4-10-17/h2-6,8-11,15,19H,7,12-14H2,1H3,(H,25,26)(H,27,28). The summed E-state index contributed by atoms with van der Waals surface area (Å²) in [5, 5.41) is 12.1. The molecule has 0 fully saturated rings. The van der Waals surface area contributed by atoms with Crippen LogP contribution >= 0.6 is 0 Å². The summed E-state index contributed by atoms with van der Waals surface area (Å²) >= 11 is 0. The Hall–Kier alpha value is -3.41. The zero-order valence-corrected chi connectivity index (χ0v) is 16.3. The SMILES string of the molecule is Cc1ccccc1C(CC(=O)O)NC(=O)CCCc1ncc(-c2ccccc2)o1. The van der Waals surface area contributed by atoms with Gasteiger partial charge in [-0.1, -0.05) is 54.6 Å². The molecule has 6 heteroatoms. The van der Waals surface area contributed by atoms with Crippen LogP contribution in [-0.4, -0.2) is 22.0 Å². The van der Waals surface area contributed by atoms with Crippen molar-refractivity contribution in [3.05, 3.63) is 77.8 Å². The molecule has 0 bridgehead atoms. The molecule has 150 valence electrons. The number of carbonyl (C=O) groups is 2. The average Bonchev–Trinajstić information content (AvgIpc) is 3.17. The highest BCUT2D eigenvalue weighted by molar-refractivity contribution is 5.77. The number of carboxylic acids is 1. The Bertz CT molecular complexity index is 966. The third-order valence-electron chi connectivity index (χ3n) is 4.68. The first-order chi connectivity index (χ1) is 14.0. The van der Waals surface area contributed by atoms with Crippen LogP contribution in [0.5, 0.6) is 0 Å². The fourth-order valence-corrected chi connectivity index (χ4v) is 3.22. The van der Waals surface area contributed by atoms with Gasteiger partial charge in [-0.15, -0.1) is 0 Å². The van der Waals surface area contributed by atoms with Crippen LogP contribution in [0.15, 0.2) is 65.2 Å². The summed E-state index contributed by atoms with van der Waals surface area (Å²) in [6.07, 6.45) is 2.90. The van der Waals surface area contributed by atoms with Crippen LogP contribution in [0, 0.1) is 6.92 Å². The monoisotopic (exact) mass is 392 g/mol. The van der Waals surface area contributed by atoms with Crippen molar-refractivity contribution in [2.24, 2.45) is 0 Å². The number of amides is 1. The molecule has 3 rings (SSSR count). The minimum atomic E-state index is -0.952. The van der Waals surface area contributed by atoms with Gasteiger partial charge < -0.3 is 14.8 Å². The molecule has 2 N–H and O–H groups in total. The predicted octanol–water partition coefficient (Wildman–Crippen LogP) is 4.30. The van der Waals surface area contributed by atoms with Gasteiger partial charge in [0.25, 0.3) is 0 Å². The van der Waals surface area contributed by atoms with E-state index < -0.39 is 12.0 Å². The molecular formula is C23H24N2O4. The molecule has 1 unspecified atom stereocenters. The second-order valence-corrected chi connectivity index (χ2v) is 6.91. The molecule has 0 aliphatic heterocycles. The smallest absolute Gasteiger partial charge is 0.305 e. The zero-order chi connectivity index (χ0) is 20.6. The Labute approximate surface area is 169 Å². The second-order valence-electron chi connectivity index (χ2n) is 6.91. The van der Waals surface area contributed by atoms with Crippen LogP contribution in [0.25, 0.3) is 11.3 Å². The largest absolute Gasteiger partial charge is 0.481 e. The van der Waals surface area contributed by atoms with Gasteiger partial charge in [-0.3, -0.25) is 9.59 Å². The zero-order valence-electron chi connectivity index (χ0n) is 16.3. The second kappa shape index (κ2) is 9.68. The van der Waals surface area contributed by atoms with E-state index in [1.807, 2.05) is 61.5 Å². The molecule has 2 aromatic carbocycles. The topological polar surface area (TPSA) is 92.4 Å². The highest BCUT2D eigenvalue weighted by atomic mass is 16.4. The first-order valence-corrected chi connectivity index (χ1v) is 9.59. The first kappa shape index (κ1) is 20.3. The summed E-state index contributed by atoms with van der Waals surface area (Å²) in [7, 11) is 0. The Kier molecular flexibility index (Phi) is 6.79. The van der Waals surface area contributed by atoms with Crippen LogP contribution in [0.1, 0.15) is 42.3 Å². The molecule has 3 aromatic rings. The number of benzene rings is 2. The van der Waals surface area contributed by atoms with Crippen LogP contribution in [0.4, 0.5) is 0 Å². The Morgan fingerprint density at radius 3 is 2.55 bits per heavy atom. The van der Waals surface area contributed by atoms with Crippen molar-refractivity contribution in [3.8, 4) is 11.3 Å². The van der Waals surface area contributed by atoms with E-state index in [1.165, 1.54) is 0 Å². The molecule has 0 spiro atoms. The van der Waals surface area contributed by atoms with Crippen molar-refractivity contribution in [2.45, 2.75) is 38.6 Å². The molecule has 1 heterocycles. The van der Waals surface area contributed by atoms with Crippen LogP contribution in [0.2, 0.25) is 0 Å². The lowest BCUT2D eigenvalue weighted by Crippen LogP contribution is -2.30. The number of carbonyl (C=O) groups excluding carboxylic acids is 1. The van der Waals surface area contributed by atoms with E-state index in [9.17, 15) is 14.7 Å². The maximum atomic E-state index is 12.4. The van der Waals surface area contributed by atoms with E-state index >= 15 is 0 Å². The van der Waals surface area contributed by atoms with Gasteiger partial charge >= 0.3 is 5.97 Å². The number of nitrogens with one attached hydrogen (secondary N) is 1.